The lowest BCUT2D eigenvalue weighted by atomic mass is 10.5. The van der Waals surface area contributed by atoms with Crippen molar-refractivity contribution in [3.63, 3.8) is 0 Å². The Kier molecular flexibility index (Phi) is 3.62. The van der Waals surface area contributed by atoms with Gasteiger partial charge in [0.05, 0.1) is 12.0 Å². The van der Waals surface area contributed by atoms with E-state index in [9.17, 15) is 17.2 Å². The minimum Gasteiger partial charge on any atom is -0.468 e. The Morgan fingerprint density at radius 2 is 2.20 bits per heavy atom. The number of rotatable bonds is 4. The molecule has 0 aliphatic carbocycles. The van der Waals surface area contributed by atoms with Gasteiger partial charge in [0.2, 0.25) is 0 Å². The molecule has 0 fully saturated rings. The van der Waals surface area contributed by atoms with E-state index >= 15 is 0 Å². The molecule has 1 aromatic heterocycles. The van der Waals surface area contributed by atoms with E-state index in [0.717, 1.165) is 0 Å². The zero-order valence-corrected chi connectivity index (χ0v) is 8.85. The van der Waals surface area contributed by atoms with Crippen LogP contribution >= 0.6 is 0 Å². The molecule has 1 aromatic rings. The van der Waals surface area contributed by atoms with Gasteiger partial charge < -0.3 is 4.42 Å². The summed E-state index contributed by atoms with van der Waals surface area (Å²) in [4.78, 5) is 0.0650. The molecule has 84 valence electrons. The van der Waals surface area contributed by atoms with Gasteiger partial charge in [-0.3, -0.25) is 0 Å². The maximum absolute atomic E-state index is 11.7. The van der Waals surface area contributed by atoms with Crippen molar-refractivity contribution in [3.05, 3.63) is 30.2 Å². The Hall–Kier alpha value is -1.17. The molecule has 0 aliphatic rings. The van der Waals surface area contributed by atoms with Crippen LogP contribution in [0, 0.1) is 6.92 Å². The van der Waals surface area contributed by atoms with E-state index in [1.54, 1.807) is 0 Å². The molecule has 6 heteroatoms. The van der Waals surface area contributed by atoms with Crippen LogP contribution in [0.4, 0.5) is 8.78 Å². The summed E-state index contributed by atoms with van der Waals surface area (Å²) in [5, 5.41) is 0. The average Bonchev–Trinajstić information content (AvgIpc) is 2.50. The van der Waals surface area contributed by atoms with E-state index in [1.807, 2.05) is 0 Å². The highest BCUT2D eigenvalue weighted by atomic mass is 32.2. The average molecular weight is 236 g/mol. The Labute approximate surface area is 86.3 Å². The minimum atomic E-state index is -3.51. The SMILES string of the molecule is Cc1occc1S(=O)(=O)CCC=C(F)F. The normalized spacial score (nSPS) is 11.4. The van der Waals surface area contributed by atoms with Gasteiger partial charge in [-0.15, -0.1) is 0 Å². The lowest BCUT2D eigenvalue weighted by Gasteiger charge is -1.99. The summed E-state index contributed by atoms with van der Waals surface area (Å²) in [6.07, 6.45) is -0.218. The van der Waals surface area contributed by atoms with Gasteiger partial charge in [-0.05, 0) is 25.5 Å². The number of halogens is 2. The van der Waals surface area contributed by atoms with Crippen molar-refractivity contribution in [3.8, 4) is 0 Å². The molecule has 0 N–H and O–H groups in total. The van der Waals surface area contributed by atoms with Crippen molar-refractivity contribution < 1.29 is 21.6 Å². The summed E-state index contributed by atoms with van der Waals surface area (Å²) in [6.45, 7) is 1.51. The molecule has 0 saturated carbocycles. The van der Waals surface area contributed by atoms with Crippen LogP contribution in [-0.4, -0.2) is 14.2 Å². The first-order valence-electron chi connectivity index (χ1n) is 4.21. The standard InChI is InChI=1S/C9H10F2O3S/c1-7-8(4-5-14-7)15(12,13)6-2-3-9(10)11/h3-5H,2,6H2,1H3. The zero-order valence-electron chi connectivity index (χ0n) is 8.04. The summed E-state index contributed by atoms with van der Waals surface area (Å²) in [7, 11) is -3.51. The van der Waals surface area contributed by atoms with Gasteiger partial charge in [0, 0.05) is 0 Å². The highest BCUT2D eigenvalue weighted by Crippen LogP contribution is 2.18. The summed E-state index contributed by atoms with van der Waals surface area (Å²) >= 11 is 0. The molecule has 0 aromatic carbocycles. The van der Waals surface area contributed by atoms with Crippen molar-refractivity contribution in [2.24, 2.45) is 0 Å². The van der Waals surface area contributed by atoms with Crippen molar-refractivity contribution in [2.75, 3.05) is 5.75 Å². The molecule has 3 nitrogen and oxygen atoms in total. The third-order valence-electron chi connectivity index (χ3n) is 1.83. The van der Waals surface area contributed by atoms with Crippen LogP contribution in [0.1, 0.15) is 12.2 Å². The number of sulfone groups is 1. The molecular formula is C9H10F2O3S. The molecule has 15 heavy (non-hydrogen) atoms. The lowest BCUT2D eigenvalue weighted by Crippen LogP contribution is -2.06. The first kappa shape index (κ1) is 11.9. The number of aryl methyl sites for hydroxylation is 1. The van der Waals surface area contributed by atoms with Crippen LogP contribution in [0.15, 0.2) is 33.8 Å². The molecule has 0 radical (unpaired) electrons. The van der Waals surface area contributed by atoms with Gasteiger partial charge in [0.25, 0.3) is 6.08 Å². The van der Waals surface area contributed by atoms with Gasteiger partial charge in [-0.1, -0.05) is 0 Å². The maximum atomic E-state index is 11.7. The maximum Gasteiger partial charge on any atom is 0.266 e. The molecule has 0 saturated heterocycles. The van der Waals surface area contributed by atoms with Crippen LogP contribution in [0.3, 0.4) is 0 Å². The van der Waals surface area contributed by atoms with E-state index in [2.05, 4.69) is 0 Å². The second kappa shape index (κ2) is 4.57. The predicted octanol–water partition coefficient (Wildman–Crippen LogP) is 2.53. The van der Waals surface area contributed by atoms with E-state index in [1.165, 1.54) is 19.3 Å². The first-order chi connectivity index (χ1) is 6.93. The van der Waals surface area contributed by atoms with E-state index < -0.39 is 15.9 Å². The summed E-state index contributed by atoms with van der Waals surface area (Å²) in [5.41, 5.74) is 0. The highest BCUT2D eigenvalue weighted by Gasteiger charge is 2.18. The quantitative estimate of drug-likeness (QED) is 0.807. The van der Waals surface area contributed by atoms with Crippen molar-refractivity contribution in [1.29, 1.82) is 0 Å². The Morgan fingerprint density at radius 3 is 2.67 bits per heavy atom. The van der Waals surface area contributed by atoms with Crippen LogP contribution < -0.4 is 0 Å². The fraction of sp³-hybridized carbons (Fsp3) is 0.333. The topological polar surface area (TPSA) is 47.3 Å². The number of hydrogen-bond acceptors (Lipinski definition) is 3. The van der Waals surface area contributed by atoms with E-state index in [0.29, 0.717) is 6.08 Å². The first-order valence-corrected chi connectivity index (χ1v) is 5.87. The number of hydrogen-bond donors (Lipinski definition) is 0. The van der Waals surface area contributed by atoms with Gasteiger partial charge >= 0.3 is 0 Å². The van der Waals surface area contributed by atoms with Crippen molar-refractivity contribution >= 4 is 9.84 Å². The second-order valence-corrected chi connectivity index (χ2v) is 5.02. The smallest absolute Gasteiger partial charge is 0.266 e. The molecule has 0 amide bonds. The minimum absolute atomic E-state index is 0.0650. The molecule has 0 atom stereocenters. The molecular weight excluding hydrogens is 226 g/mol. The zero-order chi connectivity index (χ0) is 11.5. The van der Waals surface area contributed by atoms with E-state index in [-0.39, 0.29) is 22.8 Å². The van der Waals surface area contributed by atoms with E-state index in [4.69, 9.17) is 4.42 Å². The Bertz CT molecular complexity index is 455. The molecule has 1 heterocycles. The molecule has 0 bridgehead atoms. The van der Waals surface area contributed by atoms with Crippen LogP contribution in [-0.2, 0) is 9.84 Å². The monoisotopic (exact) mass is 236 g/mol. The molecule has 0 spiro atoms. The van der Waals surface area contributed by atoms with Gasteiger partial charge in [0.15, 0.2) is 9.84 Å². The fourth-order valence-electron chi connectivity index (χ4n) is 1.13. The third kappa shape index (κ3) is 3.16. The lowest BCUT2D eigenvalue weighted by molar-refractivity contribution is 0.418. The Morgan fingerprint density at radius 1 is 1.53 bits per heavy atom. The van der Waals surface area contributed by atoms with Gasteiger partial charge in [0.1, 0.15) is 10.7 Å². The van der Waals surface area contributed by atoms with Crippen LogP contribution in [0.5, 0.6) is 0 Å². The fourth-order valence-corrected chi connectivity index (χ4v) is 2.53. The second-order valence-electron chi connectivity index (χ2n) is 2.94. The van der Waals surface area contributed by atoms with Crippen LogP contribution in [0.25, 0.3) is 0 Å². The van der Waals surface area contributed by atoms with Crippen molar-refractivity contribution in [2.45, 2.75) is 18.2 Å². The van der Waals surface area contributed by atoms with Crippen LogP contribution in [0.2, 0.25) is 0 Å². The van der Waals surface area contributed by atoms with Gasteiger partial charge in [-0.25, -0.2) is 8.42 Å². The summed E-state index contributed by atoms with van der Waals surface area (Å²) in [6, 6.07) is 1.32. The summed E-state index contributed by atoms with van der Waals surface area (Å²) < 4.78 is 51.3. The van der Waals surface area contributed by atoms with Gasteiger partial charge in [-0.2, -0.15) is 8.78 Å². The highest BCUT2D eigenvalue weighted by molar-refractivity contribution is 7.91. The number of furan rings is 1. The molecule has 0 aliphatic heterocycles. The van der Waals surface area contributed by atoms with Crippen molar-refractivity contribution in [1.82, 2.24) is 0 Å². The number of allylic oxidation sites excluding steroid dienone is 1. The molecule has 0 unspecified atom stereocenters. The predicted molar refractivity (Wildman–Crippen MR) is 50.4 cm³/mol. The largest absolute Gasteiger partial charge is 0.468 e. The Balaban J connectivity index is 2.78. The third-order valence-corrected chi connectivity index (χ3v) is 3.70. The summed E-state index contributed by atoms with van der Waals surface area (Å²) in [5.74, 6) is -0.0650. The molecule has 1 rings (SSSR count).